The number of hydrogen-bond acceptors (Lipinski definition) is 4. The van der Waals surface area contributed by atoms with Crippen LogP contribution in [0.15, 0.2) is 45.8 Å². The molecule has 5 nitrogen and oxygen atoms in total. The van der Waals surface area contributed by atoms with E-state index in [-0.39, 0.29) is 5.91 Å². The molecule has 1 aliphatic carbocycles. The van der Waals surface area contributed by atoms with E-state index in [1.165, 1.54) is 11.3 Å². The zero-order valence-corrected chi connectivity index (χ0v) is 16.2. The van der Waals surface area contributed by atoms with Gasteiger partial charge in [0.1, 0.15) is 11.5 Å². The van der Waals surface area contributed by atoms with Crippen molar-refractivity contribution < 1.29 is 4.79 Å². The summed E-state index contributed by atoms with van der Waals surface area (Å²) >= 11 is 4.99. The molecule has 0 atom stereocenters. The normalized spacial score (nSPS) is 17.0. The van der Waals surface area contributed by atoms with Crippen molar-refractivity contribution in [1.29, 1.82) is 0 Å². The molecule has 1 fully saturated rings. The summed E-state index contributed by atoms with van der Waals surface area (Å²) in [6.45, 7) is 4.45. The number of aliphatic imine (C=N–C) groups is 1. The van der Waals surface area contributed by atoms with E-state index in [0.717, 1.165) is 39.3 Å². The summed E-state index contributed by atoms with van der Waals surface area (Å²) in [5.74, 6) is 1.45. The van der Waals surface area contributed by atoms with Crippen molar-refractivity contribution in [2.45, 2.75) is 25.4 Å². The highest BCUT2D eigenvalue weighted by Gasteiger charge is 2.34. The molecule has 2 aromatic heterocycles. The molecule has 128 valence electrons. The Bertz CT molecular complexity index is 887. The lowest BCUT2D eigenvalue weighted by molar-refractivity contribution is 0.0999. The third-order valence-electron chi connectivity index (χ3n) is 4.43. The first kappa shape index (κ1) is 16.5. The minimum atomic E-state index is 0.00751. The minimum Gasteiger partial charge on any atom is -0.329 e. The van der Waals surface area contributed by atoms with E-state index >= 15 is 0 Å². The monoisotopic (exact) mass is 416 g/mol. The number of anilines is 1. The molecule has 0 N–H and O–H groups in total. The van der Waals surface area contributed by atoms with Crippen molar-refractivity contribution in [1.82, 2.24) is 9.88 Å². The molecule has 25 heavy (non-hydrogen) atoms. The Hall–Kier alpha value is -1.99. The van der Waals surface area contributed by atoms with Crippen molar-refractivity contribution in [3.8, 4) is 0 Å². The Balaban J connectivity index is 1.66. The van der Waals surface area contributed by atoms with Gasteiger partial charge in [0.15, 0.2) is 5.84 Å². The van der Waals surface area contributed by atoms with Gasteiger partial charge in [-0.2, -0.15) is 0 Å². The smallest absolute Gasteiger partial charge is 0.270 e. The fraction of sp³-hybridized carbons (Fsp3) is 0.278. The van der Waals surface area contributed by atoms with Crippen LogP contribution in [-0.4, -0.2) is 34.7 Å². The molecule has 7 heteroatoms. The number of thiophene rings is 1. The van der Waals surface area contributed by atoms with Gasteiger partial charge in [-0.05, 0) is 47.1 Å². The Kier molecular flexibility index (Phi) is 4.21. The molecule has 2 aromatic rings. The number of hydrogen-bond donors (Lipinski definition) is 0. The number of rotatable bonds is 4. The topological polar surface area (TPSA) is 48.8 Å². The summed E-state index contributed by atoms with van der Waals surface area (Å²) in [4.78, 5) is 26.4. The predicted molar refractivity (Wildman–Crippen MR) is 104 cm³/mol. The van der Waals surface area contributed by atoms with Gasteiger partial charge in [-0.15, -0.1) is 11.3 Å². The Morgan fingerprint density at radius 3 is 2.96 bits per heavy atom. The first-order valence-electron chi connectivity index (χ1n) is 8.07. The van der Waals surface area contributed by atoms with Gasteiger partial charge in [0, 0.05) is 28.5 Å². The summed E-state index contributed by atoms with van der Waals surface area (Å²) in [5.41, 5.74) is 1.80. The summed E-state index contributed by atoms with van der Waals surface area (Å²) in [6.07, 6.45) is 4.09. The Labute approximate surface area is 158 Å². The van der Waals surface area contributed by atoms with E-state index in [1.54, 1.807) is 11.9 Å². The van der Waals surface area contributed by atoms with Crippen LogP contribution in [0.2, 0.25) is 0 Å². The van der Waals surface area contributed by atoms with Gasteiger partial charge in [0.25, 0.3) is 5.91 Å². The van der Waals surface area contributed by atoms with Gasteiger partial charge in [0.05, 0.1) is 11.4 Å². The van der Waals surface area contributed by atoms with Gasteiger partial charge in [-0.3, -0.25) is 14.7 Å². The molecule has 0 saturated heterocycles. The number of amides is 1. The van der Waals surface area contributed by atoms with Crippen LogP contribution >= 0.6 is 27.3 Å². The molecule has 3 heterocycles. The predicted octanol–water partition coefficient (Wildman–Crippen LogP) is 4.05. The third-order valence-corrected chi connectivity index (χ3v) is 6.45. The van der Waals surface area contributed by atoms with Gasteiger partial charge < -0.3 is 4.90 Å². The molecular formula is C18H17BrN4OS. The molecule has 1 aliphatic heterocycles. The van der Waals surface area contributed by atoms with Crippen LogP contribution in [0.3, 0.4) is 0 Å². The lowest BCUT2D eigenvalue weighted by atomic mass is 10.3. The summed E-state index contributed by atoms with van der Waals surface area (Å²) in [5, 5.41) is 1.96. The molecule has 2 aliphatic rings. The average Bonchev–Trinajstić information content (AvgIpc) is 3.32. The maximum atomic E-state index is 12.7. The van der Waals surface area contributed by atoms with Crippen molar-refractivity contribution in [2.24, 2.45) is 4.99 Å². The third kappa shape index (κ3) is 2.81. The fourth-order valence-electron chi connectivity index (χ4n) is 3.05. The molecule has 0 unspecified atom stereocenters. The second kappa shape index (κ2) is 6.38. The number of fused-ring (bicyclic) bond motifs is 1. The number of nitrogens with zero attached hydrogens (tertiary/aromatic N) is 4. The largest absolute Gasteiger partial charge is 0.329 e. The molecule has 1 amide bonds. The van der Waals surface area contributed by atoms with E-state index in [9.17, 15) is 4.79 Å². The SMILES string of the molecule is C=CN(/C(=N\C)c1cccc(N2Cc3c(Br)csc3C2=O)n1)C1CC1. The number of carbonyl (C=O) groups is 1. The van der Waals surface area contributed by atoms with Crippen molar-refractivity contribution in [2.75, 3.05) is 11.9 Å². The number of halogens is 1. The van der Waals surface area contributed by atoms with E-state index in [4.69, 9.17) is 4.98 Å². The first-order valence-corrected chi connectivity index (χ1v) is 9.74. The second-order valence-corrected chi connectivity index (χ2v) is 7.77. The van der Waals surface area contributed by atoms with E-state index in [0.29, 0.717) is 18.4 Å². The fourth-order valence-corrected chi connectivity index (χ4v) is 4.67. The molecule has 0 aromatic carbocycles. The lowest BCUT2D eigenvalue weighted by Crippen LogP contribution is -2.30. The van der Waals surface area contributed by atoms with Crippen molar-refractivity contribution in [3.05, 3.63) is 57.0 Å². The number of amidine groups is 1. The van der Waals surface area contributed by atoms with Crippen LogP contribution in [0.25, 0.3) is 0 Å². The van der Waals surface area contributed by atoms with Crippen molar-refractivity contribution >= 4 is 44.8 Å². The van der Waals surface area contributed by atoms with Gasteiger partial charge in [-0.1, -0.05) is 12.6 Å². The summed E-state index contributed by atoms with van der Waals surface area (Å²) in [6, 6.07) is 6.18. The molecule has 1 saturated carbocycles. The van der Waals surface area contributed by atoms with E-state index in [1.807, 2.05) is 29.8 Å². The zero-order chi connectivity index (χ0) is 17.6. The standard InChI is InChI=1S/C18H17BrN4OS/c1-3-22(11-7-8-11)17(20-2)14-5-4-6-15(21-14)23-9-12-13(19)10-25-16(12)18(23)24/h3-6,10-11H,1,7-9H2,2H3/b20-17-. The van der Waals surface area contributed by atoms with Crippen LogP contribution in [0.1, 0.15) is 33.8 Å². The van der Waals surface area contributed by atoms with Gasteiger partial charge in [0.2, 0.25) is 0 Å². The summed E-state index contributed by atoms with van der Waals surface area (Å²) in [7, 11) is 1.76. The van der Waals surface area contributed by atoms with Crippen molar-refractivity contribution in [3.63, 3.8) is 0 Å². The van der Waals surface area contributed by atoms with Crippen LogP contribution in [0.5, 0.6) is 0 Å². The van der Waals surface area contributed by atoms with Gasteiger partial charge in [-0.25, -0.2) is 4.98 Å². The molecule has 0 spiro atoms. The maximum Gasteiger partial charge on any atom is 0.270 e. The quantitative estimate of drug-likeness (QED) is 0.557. The highest BCUT2D eigenvalue weighted by atomic mass is 79.9. The lowest BCUT2D eigenvalue weighted by Gasteiger charge is -2.22. The van der Waals surface area contributed by atoms with E-state index in [2.05, 4.69) is 32.4 Å². The number of aromatic nitrogens is 1. The van der Waals surface area contributed by atoms with Gasteiger partial charge >= 0.3 is 0 Å². The molecule has 0 bridgehead atoms. The van der Waals surface area contributed by atoms with Crippen LogP contribution in [0.4, 0.5) is 5.82 Å². The van der Waals surface area contributed by atoms with Crippen LogP contribution < -0.4 is 4.90 Å². The van der Waals surface area contributed by atoms with E-state index < -0.39 is 0 Å². The Morgan fingerprint density at radius 1 is 1.52 bits per heavy atom. The average molecular weight is 417 g/mol. The zero-order valence-electron chi connectivity index (χ0n) is 13.8. The maximum absolute atomic E-state index is 12.7. The highest BCUT2D eigenvalue weighted by molar-refractivity contribution is 9.10. The summed E-state index contributed by atoms with van der Waals surface area (Å²) < 4.78 is 0.988. The van der Waals surface area contributed by atoms with Crippen LogP contribution in [0, 0.1) is 0 Å². The van der Waals surface area contributed by atoms with Crippen LogP contribution in [-0.2, 0) is 6.54 Å². The molecule has 4 rings (SSSR count). The minimum absolute atomic E-state index is 0.00751. The molecule has 0 radical (unpaired) electrons. The number of carbonyl (C=O) groups excluding carboxylic acids is 1. The Morgan fingerprint density at radius 2 is 2.32 bits per heavy atom. The highest BCUT2D eigenvalue weighted by Crippen LogP contribution is 2.36. The second-order valence-electron chi connectivity index (χ2n) is 6.03. The molecular weight excluding hydrogens is 400 g/mol. The number of pyridine rings is 1. The first-order chi connectivity index (χ1) is 12.1.